The molecule has 4 nitrogen and oxygen atoms in total. The van der Waals surface area contributed by atoms with Gasteiger partial charge in [0.1, 0.15) is 0 Å². The molecule has 1 aromatic heterocycles. The van der Waals surface area contributed by atoms with Crippen LogP contribution in [0.4, 0.5) is 5.95 Å². The number of rotatable bonds is 2. The second-order valence-corrected chi connectivity index (χ2v) is 3.60. The minimum Gasteiger partial charge on any atom is -0.341 e. The van der Waals surface area contributed by atoms with Crippen molar-refractivity contribution in [1.29, 1.82) is 0 Å². The lowest BCUT2D eigenvalue weighted by Crippen LogP contribution is -2.34. The molecule has 1 N–H and O–H groups in total. The first-order valence-electron chi connectivity index (χ1n) is 4.70. The smallest absolute Gasteiger partial charge is 0.205 e. The Labute approximate surface area is 78.6 Å². The highest BCUT2D eigenvalue weighted by Crippen LogP contribution is 2.14. The third kappa shape index (κ3) is 1.54. The van der Waals surface area contributed by atoms with E-state index in [9.17, 15) is 0 Å². The topological polar surface area (TPSA) is 33.1 Å². The van der Waals surface area contributed by atoms with Gasteiger partial charge >= 0.3 is 0 Å². The van der Waals surface area contributed by atoms with Crippen LogP contribution in [0.2, 0.25) is 0 Å². The van der Waals surface area contributed by atoms with Crippen molar-refractivity contribution in [2.24, 2.45) is 7.05 Å². The lowest BCUT2D eigenvalue weighted by molar-refractivity contribution is 0.655. The van der Waals surface area contributed by atoms with Gasteiger partial charge in [0.2, 0.25) is 5.95 Å². The SMILES string of the molecule is CN(c1nccn1C)C1CCNC1. The molecule has 1 unspecified atom stereocenters. The van der Waals surface area contributed by atoms with Crippen molar-refractivity contribution in [3.63, 3.8) is 0 Å². The molecule has 1 fully saturated rings. The maximum atomic E-state index is 4.32. The highest BCUT2D eigenvalue weighted by Gasteiger charge is 2.21. The molecular weight excluding hydrogens is 164 g/mol. The number of aryl methyl sites for hydroxylation is 1. The number of anilines is 1. The first kappa shape index (κ1) is 8.56. The number of hydrogen-bond acceptors (Lipinski definition) is 3. The first-order chi connectivity index (χ1) is 6.29. The molecule has 1 atom stereocenters. The number of hydrogen-bond donors (Lipinski definition) is 1. The largest absolute Gasteiger partial charge is 0.341 e. The summed E-state index contributed by atoms with van der Waals surface area (Å²) in [6, 6.07) is 0.598. The predicted molar refractivity (Wildman–Crippen MR) is 52.9 cm³/mol. The summed E-state index contributed by atoms with van der Waals surface area (Å²) >= 11 is 0. The molecule has 2 heterocycles. The Bertz CT molecular complexity index is 275. The lowest BCUT2D eigenvalue weighted by Gasteiger charge is -2.24. The van der Waals surface area contributed by atoms with Gasteiger partial charge in [-0.15, -0.1) is 0 Å². The Balaban J connectivity index is 2.12. The van der Waals surface area contributed by atoms with Crippen LogP contribution in [-0.4, -0.2) is 35.7 Å². The molecule has 0 spiro atoms. The maximum Gasteiger partial charge on any atom is 0.205 e. The predicted octanol–water partition coefficient (Wildman–Crippen LogP) is 0.218. The van der Waals surface area contributed by atoms with Crippen LogP contribution >= 0.6 is 0 Å². The third-order valence-corrected chi connectivity index (χ3v) is 2.69. The number of likely N-dealkylation sites (N-methyl/N-ethyl adjacent to an activating group) is 1. The Morgan fingerprint density at radius 2 is 2.54 bits per heavy atom. The minimum atomic E-state index is 0.598. The summed E-state index contributed by atoms with van der Waals surface area (Å²) in [5.74, 6) is 1.05. The fraction of sp³-hybridized carbons (Fsp3) is 0.667. The van der Waals surface area contributed by atoms with Gasteiger partial charge in [0.25, 0.3) is 0 Å². The second-order valence-electron chi connectivity index (χ2n) is 3.60. The summed E-state index contributed by atoms with van der Waals surface area (Å²) in [4.78, 5) is 6.57. The van der Waals surface area contributed by atoms with Crippen molar-refractivity contribution in [3.8, 4) is 0 Å². The van der Waals surface area contributed by atoms with Crippen molar-refractivity contribution >= 4 is 5.95 Å². The summed E-state index contributed by atoms with van der Waals surface area (Å²) in [5, 5.41) is 3.36. The zero-order chi connectivity index (χ0) is 9.26. The fourth-order valence-electron chi connectivity index (χ4n) is 1.83. The van der Waals surface area contributed by atoms with Crippen LogP contribution in [0.25, 0.3) is 0 Å². The molecular formula is C9H16N4. The third-order valence-electron chi connectivity index (χ3n) is 2.69. The zero-order valence-corrected chi connectivity index (χ0v) is 8.20. The normalized spacial score (nSPS) is 22.2. The van der Waals surface area contributed by atoms with Crippen LogP contribution in [-0.2, 0) is 7.05 Å². The van der Waals surface area contributed by atoms with Crippen molar-refractivity contribution in [1.82, 2.24) is 14.9 Å². The van der Waals surface area contributed by atoms with E-state index in [0.717, 1.165) is 19.0 Å². The quantitative estimate of drug-likeness (QED) is 0.706. The van der Waals surface area contributed by atoms with Gasteiger partial charge in [0, 0.05) is 39.1 Å². The van der Waals surface area contributed by atoms with Crippen LogP contribution in [0.3, 0.4) is 0 Å². The van der Waals surface area contributed by atoms with Gasteiger partial charge < -0.3 is 14.8 Å². The molecule has 1 aliphatic heterocycles. The van der Waals surface area contributed by atoms with E-state index >= 15 is 0 Å². The van der Waals surface area contributed by atoms with Crippen molar-refractivity contribution in [2.45, 2.75) is 12.5 Å². The summed E-state index contributed by atoms with van der Waals surface area (Å²) in [5.41, 5.74) is 0. The van der Waals surface area contributed by atoms with Crippen LogP contribution in [0.15, 0.2) is 12.4 Å². The molecule has 2 rings (SSSR count). The van der Waals surface area contributed by atoms with Crippen molar-refractivity contribution < 1.29 is 0 Å². The van der Waals surface area contributed by atoms with E-state index in [4.69, 9.17) is 0 Å². The molecule has 13 heavy (non-hydrogen) atoms. The summed E-state index contributed by atoms with van der Waals surface area (Å²) in [6.07, 6.45) is 5.03. The van der Waals surface area contributed by atoms with E-state index in [1.54, 1.807) is 0 Å². The number of nitrogens with zero attached hydrogens (tertiary/aromatic N) is 3. The van der Waals surface area contributed by atoms with E-state index in [1.807, 2.05) is 19.4 Å². The second kappa shape index (κ2) is 3.38. The molecule has 1 aliphatic rings. The van der Waals surface area contributed by atoms with Crippen molar-refractivity contribution in [2.75, 3.05) is 25.0 Å². The summed E-state index contributed by atoms with van der Waals surface area (Å²) in [6.45, 7) is 2.20. The summed E-state index contributed by atoms with van der Waals surface area (Å²) in [7, 11) is 4.14. The van der Waals surface area contributed by atoms with Gasteiger partial charge in [0.05, 0.1) is 0 Å². The Kier molecular flexibility index (Phi) is 2.22. The molecule has 0 bridgehead atoms. The standard InChI is InChI=1S/C9H16N4/c1-12-6-5-11-9(12)13(2)8-3-4-10-7-8/h5-6,8,10H,3-4,7H2,1-2H3. The number of nitrogens with one attached hydrogen (secondary N) is 1. The molecule has 0 radical (unpaired) electrons. The fourth-order valence-corrected chi connectivity index (χ4v) is 1.83. The van der Waals surface area contributed by atoms with Gasteiger partial charge in [-0.25, -0.2) is 4.98 Å². The molecule has 0 aromatic carbocycles. The molecule has 0 saturated carbocycles. The van der Waals surface area contributed by atoms with Crippen LogP contribution in [0.5, 0.6) is 0 Å². The van der Waals surface area contributed by atoms with E-state index in [1.165, 1.54) is 6.42 Å². The van der Waals surface area contributed by atoms with Crippen LogP contribution < -0.4 is 10.2 Å². The zero-order valence-electron chi connectivity index (χ0n) is 8.20. The van der Waals surface area contributed by atoms with E-state index in [2.05, 4.69) is 26.8 Å². The average molecular weight is 180 g/mol. The average Bonchev–Trinajstić information content (AvgIpc) is 2.72. The Morgan fingerprint density at radius 3 is 3.08 bits per heavy atom. The molecule has 1 aromatic rings. The molecule has 0 aliphatic carbocycles. The maximum absolute atomic E-state index is 4.32. The summed E-state index contributed by atoms with van der Waals surface area (Å²) < 4.78 is 2.05. The van der Waals surface area contributed by atoms with Gasteiger partial charge in [-0.2, -0.15) is 0 Å². The van der Waals surface area contributed by atoms with Crippen molar-refractivity contribution in [3.05, 3.63) is 12.4 Å². The van der Waals surface area contributed by atoms with Crippen LogP contribution in [0.1, 0.15) is 6.42 Å². The monoisotopic (exact) mass is 180 g/mol. The Hall–Kier alpha value is -1.03. The van der Waals surface area contributed by atoms with Gasteiger partial charge in [-0.1, -0.05) is 0 Å². The van der Waals surface area contributed by atoms with Gasteiger partial charge in [0.15, 0.2) is 0 Å². The molecule has 0 amide bonds. The molecule has 4 heteroatoms. The van der Waals surface area contributed by atoms with E-state index in [-0.39, 0.29) is 0 Å². The van der Waals surface area contributed by atoms with E-state index in [0.29, 0.717) is 6.04 Å². The number of imidazole rings is 1. The van der Waals surface area contributed by atoms with Gasteiger partial charge in [-0.05, 0) is 13.0 Å². The highest BCUT2D eigenvalue weighted by atomic mass is 15.3. The lowest BCUT2D eigenvalue weighted by atomic mass is 10.2. The minimum absolute atomic E-state index is 0.598. The highest BCUT2D eigenvalue weighted by molar-refractivity contribution is 5.31. The first-order valence-corrected chi connectivity index (χ1v) is 4.70. The van der Waals surface area contributed by atoms with Crippen LogP contribution in [0, 0.1) is 0 Å². The Morgan fingerprint density at radius 1 is 1.69 bits per heavy atom. The number of aromatic nitrogens is 2. The van der Waals surface area contributed by atoms with Gasteiger partial charge in [-0.3, -0.25) is 0 Å². The molecule has 1 saturated heterocycles. The van der Waals surface area contributed by atoms with E-state index < -0.39 is 0 Å². The molecule has 72 valence electrons.